The van der Waals surface area contributed by atoms with Crippen molar-refractivity contribution in [3.63, 3.8) is 0 Å². The highest BCUT2D eigenvalue weighted by Gasteiger charge is 2.17. The summed E-state index contributed by atoms with van der Waals surface area (Å²) in [5, 5.41) is 0. The molecule has 1 aromatic heterocycles. The number of benzene rings is 2. The molecule has 0 aliphatic heterocycles. The van der Waals surface area contributed by atoms with E-state index < -0.39 is 5.63 Å². The van der Waals surface area contributed by atoms with E-state index in [1.54, 1.807) is 24.3 Å². The Kier molecular flexibility index (Phi) is 3.05. The van der Waals surface area contributed by atoms with Crippen molar-refractivity contribution in [2.45, 2.75) is 0 Å². The fourth-order valence-electron chi connectivity index (χ4n) is 1.99. The minimum atomic E-state index is -0.548. The van der Waals surface area contributed by atoms with E-state index in [2.05, 4.69) is 0 Å². The molecule has 0 N–H and O–H groups in total. The van der Waals surface area contributed by atoms with Crippen molar-refractivity contribution in [2.24, 2.45) is 0 Å². The van der Waals surface area contributed by atoms with Gasteiger partial charge in [-0.2, -0.15) is 0 Å². The summed E-state index contributed by atoms with van der Waals surface area (Å²) < 4.78 is 6.03. The lowest BCUT2D eigenvalue weighted by Crippen LogP contribution is -2.12. The molecule has 98 valence electrons. The molecule has 0 saturated heterocycles. The van der Waals surface area contributed by atoms with Gasteiger partial charge >= 0.3 is 5.63 Å². The third-order valence-electron chi connectivity index (χ3n) is 2.93. The van der Waals surface area contributed by atoms with Gasteiger partial charge in [-0.3, -0.25) is 4.79 Å². The van der Waals surface area contributed by atoms with Crippen LogP contribution in [0.1, 0.15) is 10.4 Å². The summed E-state index contributed by atoms with van der Waals surface area (Å²) >= 11 is 0. The van der Waals surface area contributed by atoms with Gasteiger partial charge in [-0.1, -0.05) is 48.5 Å². The zero-order valence-corrected chi connectivity index (χ0v) is 10.5. The number of aromatic nitrogens is 1. The lowest BCUT2D eigenvalue weighted by molar-refractivity contribution is 0.0843. The summed E-state index contributed by atoms with van der Waals surface area (Å²) in [4.78, 5) is 23.9. The summed E-state index contributed by atoms with van der Waals surface area (Å²) in [6, 6.07) is 19.2. The average Bonchev–Trinajstić information content (AvgIpc) is 2.90. The van der Waals surface area contributed by atoms with E-state index in [1.165, 1.54) is 6.07 Å². The van der Waals surface area contributed by atoms with Gasteiger partial charge in [0.15, 0.2) is 0 Å². The van der Waals surface area contributed by atoms with Crippen LogP contribution in [0.5, 0.6) is 0 Å². The van der Waals surface area contributed by atoms with Crippen LogP contribution in [0.2, 0.25) is 0 Å². The molecule has 0 saturated carbocycles. The molecule has 0 radical (unpaired) electrons. The van der Waals surface area contributed by atoms with Crippen molar-refractivity contribution >= 4 is 5.91 Å². The van der Waals surface area contributed by atoms with Crippen molar-refractivity contribution < 1.29 is 9.32 Å². The summed E-state index contributed by atoms with van der Waals surface area (Å²) in [6.07, 6.45) is 0. The third-order valence-corrected chi connectivity index (χ3v) is 2.93. The fourth-order valence-corrected chi connectivity index (χ4v) is 1.99. The predicted molar refractivity (Wildman–Crippen MR) is 74.6 cm³/mol. The standard InChI is InChI=1S/C16H11NO3/c18-15-11-14(12-7-3-1-4-8-12)17(20-15)16(19)13-9-5-2-6-10-13/h1-11H. The Bertz CT molecular complexity index is 785. The Labute approximate surface area is 114 Å². The average molecular weight is 265 g/mol. The van der Waals surface area contributed by atoms with Gasteiger partial charge in [0.25, 0.3) is 5.91 Å². The Hall–Kier alpha value is -2.88. The molecule has 0 bridgehead atoms. The van der Waals surface area contributed by atoms with Crippen LogP contribution in [0, 0.1) is 0 Å². The molecule has 2 aromatic carbocycles. The smallest absolute Gasteiger partial charge is 0.328 e. The van der Waals surface area contributed by atoms with E-state index in [0.29, 0.717) is 11.3 Å². The molecule has 0 spiro atoms. The lowest BCUT2D eigenvalue weighted by atomic mass is 10.1. The van der Waals surface area contributed by atoms with Crippen LogP contribution in [-0.2, 0) is 0 Å². The van der Waals surface area contributed by atoms with Gasteiger partial charge in [0.05, 0.1) is 11.8 Å². The predicted octanol–water partition coefficient (Wildman–Crippen LogP) is 2.80. The number of nitrogens with zero attached hydrogens (tertiary/aromatic N) is 1. The molecule has 20 heavy (non-hydrogen) atoms. The molecular formula is C16H11NO3. The van der Waals surface area contributed by atoms with Gasteiger partial charge in [0, 0.05) is 11.1 Å². The van der Waals surface area contributed by atoms with Gasteiger partial charge in [0.2, 0.25) is 0 Å². The highest BCUT2D eigenvalue weighted by Crippen LogP contribution is 2.19. The molecule has 3 rings (SSSR count). The van der Waals surface area contributed by atoms with Gasteiger partial charge in [0.1, 0.15) is 0 Å². The normalized spacial score (nSPS) is 10.4. The molecule has 0 amide bonds. The van der Waals surface area contributed by atoms with Crippen LogP contribution >= 0.6 is 0 Å². The Morgan fingerprint density at radius 2 is 1.50 bits per heavy atom. The van der Waals surface area contributed by atoms with Crippen molar-refractivity contribution in [2.75, 3.05) is 0 Å². The molecule has 0 fully saturated rings. The van der Waals surface area contributed by atoms with E-state index >= 15 is 0 Å². The van der Waals surface area contributed by atoms with Crippen molar-refractivity contribution in [3.8, 4) is 11.3 Å². The first-order valence-corrected chi connectivity index (χ1v) is 6.14. The summed E-state index contributed by atoms with van der Waals surface area (Å²) in [5.74, 6) is -0.369. The topological polar surface area (TPSA) is 52.2 Å². The zero-order valence-electron chi connectivity index (χ0n) is 10.5. The summed E-state index contributed by atoms with van der Waals surface area (Å²) in [6.45, 7) is 0. The number of hydrogen-bond donors (Lipinski definition) is 0. The van der Waals surface area contributed by atoms with Gasteiger partial charge in [-0.25, -0.2) is 4.79 Å². The molecule has 4 nitrogen and oxygen atoms in total. The van der Waals surface area contributed by atoms with Gasteiger partial charge in [-0.15, -0.1) is 4.74 Å². The van der Waals surface area contributed by atoms with Gasteiger partial charge in [-0.05, 0) is 12.1 Å². The second kappa shape index (κ2) is 5.01. The van der Waals surface area contributed by atoms with E-state index in [4.69, 9.17) is 4.52 Å². The zero-order chi connectivity index (χ0) is 13.9. The molecular weight excluding hydrogens is 254 g/mol. The maximum atomic E-state index is 12.4. The monoisotopic (exact) mass is 265 g/mol. The number of hydrogen-bond acceptors (Lipinski definition) is 3. The SMILES string of the molecule is O=C(c1ccccc1)n1oc(=O)cc1-c1ccccc1. The largest absolute Gasteiger partial charge is 0.358 e. The maximum absolute atomic E-state index is 12.4. The van der Waals surface area contributed by atoms with Crippen molar-refractivity contribution in [3.05, 3.63) is 82.7 Å². The van der Waals surface area contributed by atoms with Crippen LogP contribution < -0.4 is 5.63 Å². The second-order valence-corrected chi connectivity index (χ2v) is 4.27. The lowest BCUT2D eigenvalue weighted by Gasteiger charge is -2.05. The molecule has 0 aliphatic carbocycles. The molecule has 3 aromatic rings. The molecule has 0 aliphatic rings. The summed E-state index contributed by atoms with van der Waals surface area (Å²) in [7, 11) is 0. The van der Waals surface area contributed by atoms with Crippen molar-refractivity contribution in [1.29, 1.82) is 0 Å². The van der Waals surface area contributed by atoms with E-state index in [-0.39, 0.29) is 5.91 Å². The third kappa shape index (κ3) is 2.19. The maximum Gasteiger partial charge on any atom is 0.358 e. The first-order chi connectivity index (χ1) is 9.75. The Balaban J connectivity index is 2.12. The molecule has 1 heterocycles. The highest BCUT2D eigenvalue weighted by atomic mass is 16.5. The highest BCUT2D eigenvalue weighted by molar-refractivity contribution is 5.97. The first-order valence-electron chi connectivity index (χ1n) is 6.14. The van der Waals surface area contributed by atoms with Gasteiger partial charge < -0.3 is 4.52 Å². The first kappa shape index (κ1) is 12.2. The second-order valence-electron chi connectivity index (χ2n) is 4.27. The van der Waals surface area contributed by atoms with E-state index in [0.717, 1.165) is 10.3 Å². The van der Waals surface area contributed by atoms with E-state index in [1.807, 2.05) is 36.4 Å². The Morgan fingerprint density at radius 3 is 2.15 bits per heavy atom. The number of rotatable bonds is 2. The quantitative estimate of drug-likeness (QED) is 0.716. The fraction of sp³-hybridized carbons (Fsp3) is 0. The molecule has 0 atom stereocenters. The summed E-state index contributed by atoms with van der Waals surface area (Å²) in [5.41, 5.74) is 1.12. The van der Waals surface area contributed by atoms with Crippen LogP contribution in [0.3, 0.4) is 0 Å². The Morgan fingerprint density at radius 1 is 0.900 bits per heavy atom. The van der Waals surface area contributed by atoms with Crippen molar-refractivity contribution in [1.82, 2.24) is 4.74 Å². The number of carbonyl (C=O) groups is 1. The van der Waals surface area contributed by atoms with Crippen LogP contribution in [0.15, 0.2) is 76.0 Å². The van der Waals surface area contributed by atoms with Crippen LogP contribution in [-0.4, -0.2) is 10.6 Å². The van der Waals surface area contributed by atoms with Crippen LogP contribution in [0.25, 0.3) is 11.3 Å². The molecule has 4 heteroatoms. The number of carbonyl (C=O) groups excluding carboxylic acids is 1. The minimum absolute atomic E-state index is 0.369. The van der Waals surface area contributed by atoms with Crippen LogP contribution in [0.4, 0.5) is 0 Å². The van der Waals surface area contributed by atoms with E-state index in [9.17, 15) is 9.59 Å². The molecule has 0 unspecified atom stereocenters. The minimum Gasteiger partial charge on any atom is -0.328 e.